The Kier molecular flexibility index (Phi) is 31.9. The Morgan fingerprint density at radius 3 is 1.85 bits per heavy atom. The summed E-state index contributed by atoms with van der Waals surface area (Å²) in [5, 5.41) is 13.5. The lowest BCUT2D eigenvalue weighted by Gasteiger charge is -2.23. The predicted molar refractivity (Wildman–Crippen MR) is 198 cm³/mol. The number of nitrogens with one attached hydrogen (secondary N) is 1. The van der Waals surface area contributed by atoms with Crippen molar-refractivity contribution in [2.75, 3.05) is 19.8 Å². The molecule has 0 aromatic heterocycles. The van der Waals surface area contributed by atoms with Crippen LogP contribution in [0.25, 0.3) is 0 Å². The van der Waals surface area contributed by atoms with Gasteiger partial charge in [-0.25, -0.2) is 4.57 Å². The molecule has 0 saturated heterocycles. The van der Waals surface area contributed by atoms with Crippen molar-refractivity contribution < 1.29 is 28.4 Å². The number of phosphoric acid groups is 1. The standard InChI is InChI=1S/C38H65N2O6P/c1-3-5-7-9-11-13-15-17-18-20-21-23-25-27-29-31-37(41)36(35-46-47(43,44)45-34-33-39)40-38(42)32-30-28-26-24-22-19-16-14-12-10-8-6-4-2/h6,8,12,14-15,17,19,21-23,26,28-29,31,36-37,41H,3-5,7,9-11,13,16,18,20,24-25,27,30,32-35,39H2,1-2H3,(H,40,42)(H,43,44)/b8-6-,14-12-,17-15+,22-19-,23-21+,28-26-,31-29+. The van der Waals surface area contributed by atoms with Gasteiger partial charge in [-0.2, -0.15) is 0 Å². The molecule has 1 amide bonds. The number of amides is 1. The largest absolute Gasteiger partial charge is 0.472 e. The van der Waals surface area contributed by atoms with E-state index in [9.17, 15) is 19.4 Å². The number of aliphatic hydroxyl groups is 1. The summed E-state index contributed by atoms with van der Waals surface area (Å²) in [6, 6.07) is -0.924. The molecule has 0 rings (SSSR count). The number of allylic oxidation sites excluding steroid dienone is 13. The zero-order valence-corrected chi connectivity index (χ0v) is 30.1. The van der Waals surface area contributed by atoms with Gasteiger partial charge in [-0.15, -0.1) is 0 Å². The highest BCUT2D eigenvalue weighted by Crippen LogP contribution is 2.43. The van der Waals surface area contributed by atoms with Gasteiger partial charge in [-0.3, -0.25) is 13.8 Å². The Morgan fingerprint density at radius 1 is 0.723 bits per heavy atom. The summed E-state index contributed by atoms with van der Waals surface area (Å²) in [7, 11) is -4.37. The van der Waals surface area contributed by atoms with E-state index in [4.69, 9.17) is 14.8 Å². The molecule has 5 N–H and O–H groups in total. The molecule has 3 atom stereocenters. The van der Waals surface area contributed by atoms with Crippen LogP contribution in [0.3, 0.4) is 0 Å². The summed E-state index contributed by atoms with van der Waals surface area (Å²) in [6.07, 6.45) is 43.6. The van der Waals surface area contributed by atoms with E-state index in [2.05, 4.69) is 79.9 Å². The van der Waals surface area contributed by atoms with Gasteiger partial charge >= 0.3 is 7.82 Å². The van der Waals surface area contributed by atoms with Crippen molar-refractivity contribution in [3.63, 3.8) is 0 Å². The molecule has 0 heterocycles. The number of carbonyl (C=O) groups is 1. The van der Waals surface area contributed by atoms with E-state index >= 15 is 0 Å². The molecule has 268 valence electrons. The second-order valence-corrected chi connectivity index (χ2v) is 12.8. The van der Waals surface area contributed by atoms with Gasteiger partial charge in [0, 0.05) is 13.0 Å². The number of unbranched alkanes of at least 4 members (excludes halogenated alkanes) is 7. The lowest BCUT2D eigenvalue weighted by atomic mass is 10.1. The van der Waals surface area contributed by atoms with Crippen LogP contribution in [0.15, 0.2) is 85.1 Å². The molecule has 0 fully saturated rings. The predicted octanol–water partition coefficient (Wildman–Crippen LogP) is 9.10. The maximum absolute atomic E-state index is 12.6. The van der Waals surface area contributed by atoms with Crippen molar-refractivity contribution in [2.45, 2.75) is 129 Å². The topological polar surface area (TPSA) is 131 Å². The molecule has 0 aliphatic carbocycles. The fourth-order valence-corrected chi connectivity index (χ4v) is 5.05. The SMILES string of the molecule is CC/C=C\C/C=C\C/C=C\C/C=C\CCC(=O)NC(COP(=O)(O)OCCN)C(O)/C=C/CC/C=C/CC/C=C/CCCCCCC. The van der Waals surface area contributed by atoms with Gasteiger partial charge in [0.15, 0.2) is 0 Å². The van der Waals surface area contributed by atoms with Crippen LogP contribution in [0.1, 0.15) is 117 Å². The van der Waals surface area contributed by atoms with Gasteiger partial charge in [0.1, 0.15) is 0 Å². The minimum atomic E-state index is -4.37. The number of phosphoric ester groups is 1. The molecular formula is C38H65N2O6P. The van der Waals surface area contributed by atoms with E-state index in [1.54, 1.807) is 6.08 Å². The van der Waals surface area contributed by atoms with E-state index in [1.165, 1.54) is 32.1 Å². The smallest absolute Gasteiger partial charge is 0.387 e. The summed E-state index contributed by atoms with van der Waals surface area (Å²) in [4.78, 5) is 22.5. The van der Waals surface area contributed by atoms with Crippen LogP contribution in [0.2, 0.25) is 0 Å². The van der Waals surface area contributed by atoms with Crippen LogP contribution in [0, 0.1) is 0 Å². The molecule has 9 heteroatoms. The first-order chi connectivity index (χ1) is 22.9. The number of aliphatic hydroxyl groups excluding tert-OH is 1. The third-order valence-electron chi connectivity index (χ3n) is 6.95. The van der Waals surface area contributed by atoms with Crippen LogP contribution >= 0.6 is 7.82 Å². The van der Waals surface area contributed by atoms with Gasteiger partial charge in [0.05, 0.1) is 25.4 Å². The molecule has 47 heavy (non-hydrogen) atoms. The number of rotatable bonds is 31. The zero-order chi connectivity index (χ0) is 34.7. The molecule has 8 nitrogen and oxygen atoms in total. The average Bonchev–Trinajstić information content (AvgIpc) is 3.05. The molecule has 0 aromatic carbocycles. The Morgan fingerprint density at radius 2 is 1.26 bits per heavy atom. The first kappa shape index (κ1) is 44.7. The van der Waals surface area contributed by atoms with Gasteiger partial charge < -0.3 is 21.1 Å². The van der Waals surface area contributed by atoms with Crippen molar-refractivity contribution >= 4 is 13.7 Å². The molecule has 0 aliphatic heterocycles. The highest BCUT2D eigenvalue weighted by Gasteiger charge is 2.26. The molecular weight excluding hydrogens is 611 g/mol. The molecule has 3 unspecified atom stereocenters. The lowest BCUT2D eigenvalue weighted by Crippen LogP contribution is -2.45. The number of hydrogen-bond acceptors (Lipinski definition) is 6. The van der Waals surface area contributed by atoms with Crippen molar-refractivity contribution in [3.05, 3.63) is 85.1 Å². The Balaban J connectivity index is 4.60. The minimum Gasteiger partial charge on any atom is -0.387 e. The van der Waals surface area contributed by atoms with E-state index in [1.807, 2.05) is 18.2 Å². The molecule has 0 radical (unpaired) electrons. The zero-order valence-electron chi connectivity index (χ0n) is 29.2. The number of carbonyl (C=O) groups excluding carboxylic acids is 1. The molecule has 0 bridgehead atoms. The van der Waals surface area contributed by atoms with Crippen molar-refractivity contribution in [1.82, 2.24) is 5.32 Å². The Labute approximate surface area is 286 Å². The van der Waals surface area contributed by atoms with Crippen LogP contribution in [-0.2, 0) is 18.4 Å². The summed E-state index contributed by atoms with van der Waals surface area (Å²) in [5.74, 6) is -0.294. The normalized spacial score (nSPS) is 15.4. The quantitative estimate of drug-likeness (QED) is 0.0327. The molecule has 0 saturated carbocycles. The van der Waals surface area contributed by atoms with Gasteiger partial charge in [0.2, 0.25) is 5.91 Å². The first-order valence-corrected chi connectivity index (χ1v) is 19.2. The fourth-order valence-electron chi connectivity index (χ4n) is 4.29. The minimum absolute atomic E-state index is 0.0566. The number of nitrogens with two attached hydrogens (primary N) is 1. The van der Waals surface area contributed by atoms with Gasteiger partial charge in [-0.1, -0.05) is 125 Å². The second kappa shape index (κ2) is 33.6. The monoisotopic (exact) mass is 676 g/mol. The van der Waals surface area contributed by atoms with Crippen LogP contribution in [-0.4, -0.2) is 47.8 Å². The van der Waals surface area contributed by atoms with Gasteiger partial charge in [-0.05, 0) is 70.6 Å². The van der Waals surface area contributed by atoms with E-state index in [-0.39, 0.29) is 25.5 Å². The summed E-state index contributed by atoms with van der Waals surface area (Å²) in [6.45, 7) is 3.87. The van der Waals surface area contributed by atoms with Crippen molar-refractivity contribution in [2.24, 2.45) is 5.73 Å². The molecule has 0 spiro atoms. The highest BCUT2D eigenvalue weighted by atomic mass is 31.2. The molecule has 0 aliphatic rings. The van der Waals surface area contributed by atoms with E-state index < -0.39 is 26.6 Å². The summed E-state index contributed by atoms with van der Waals surface area (Å²) in [5.41, 5.74) is 5.34. The van der Waals surface area contributed by atoms with Crippen molar-refractivity contribution in [3.8, 4) is 0 Å². The number of hydrogen-bond donors (Lipinski definition) is 4. The highest BCUT2D eigenvalue weighted by molar-refractivity contribution is 7.47. The van der Waals surface area contributed by atoms with Crippen LogP contribution in [0.4, 0.5) is 0 Å². The molecule has 0 aromatic rings. The second-order valence-electron chi connectivity index (χ2n) is 11.3. The lowest BCUT2D eigenvalue weighted by molar-refractivity contribution is -0.122. The average molecular weight is 677 g/mol. The Bertz CT molecular complexity index is 1000. The fraction of sp³-hybridized carbons (Fsp3) is 0.605. The third-order valence-corrected chi connectivity index (χ3v) is 7.93. The van der Waals surface area contributed by atoms with E-state index in [0.29, 0.717) is 12.8 Å². The Hall–Kier alpha value is -2.32. The van der Waals surface area contributed by atoms with E-state index in [0.717, 1.165) is 51.4 Å². The first-order valence-electron chi connectivity index (χ1n) is 17.7. The van der Waals surface area contributed by atoms with Crippen molar-refractivity contribution in [1.29, 1.82) is 0 Å². The van der Waals surface area contributed by atoms with Gasteiger partial charge in [0.25, 0.3) is 0 Å². The van der Waals surface area contributed by atoms with Crippen LogP contribution in [0.5, 0.6) is 0 Å². The summed E-state index contributed by atoms with van der Waals surface area (Å²) >= 11 is 0. The third kappa shape index (κ3) is 32.0. The maximum atomic E-state index is 12.6. The summed E-state index contributed by atoms with van der Waals surface area (Å²) < 4.78 is 21.9. The van der Waals surface area contributed by atoms with Crippen LogP contribution < -0.4 is 11.1 Å². The maximum Gasteiger partial charge on any atom is 0.472 e.